The monoisotopic (exact) mass is 401 g/mol. The summed E-state index contributed by atoms with van der Waals surface area (Å²) in [6.45, 7) is 0. The number of anilines is 1. The van der Waals surface area contributed by atoms with E-state index in [0.717, 1.165) is 17.0 Å². The van der Waals surface area contributed by atoms with Crippen LogP contribution in [0.1, 0.15) is 0 Å². The van der Waals surface area contributed by atoms with E-state index < -0.39 is 15.0 Å². The number of nitrogens with two attached hydrogens (primary N) is 1. The second-order valence-electron chi connectivity index (χ2n) is 5.74. The third-order valence-corrected chi connectivity index (χ3v) is 4.88. The quantitative estimate of drug-likeness (QED) is 0.232. The van der Waals surface area contributed by atoms with Crippen LogP contribution in [-0.2, 0) is 10.1 Å². The third kappa shape index (κ3) is 3.89. The maximum atomic E-state index is 11.6. The topological polar surface area (TPSA) is 134 Å². The minimum absolute atomic E-state index is 0. The molecule has 2 heterocycles. The molecule has 8 nitrogen and oxygen atoms in total. The zero-order valence-corrected chi connectivity index (χ0v) is 17.6. The molecule has 0 aliphatic rings. The molecule has 0 bridgehead atoms. The number of rotatable bonds is 3. The smallest absolute Gasteiger partial charge is 0.744 e. The van der Waals surface area contributed by atoms with Crippen LogP contribution < -0.4 is 35.3 Å². The molecule has 0 fully saturated rings. The van der Waals surface area contributed by atoms with Gasteiger partial charge in [-0.3, -0.25) is 9.97 Å². The summed E-state index contributed by atoms with van der Waals surface area (Å²) in [7, 11) is -4.74. The fourth-order valence-electron chi connectivity index (χ4n) is 2.75. The number of nitrogen functional groups attached to an aromatic ring is 1. The van der Waals surface area contributed by atoms with E-state index in [1.165, 1.54) is 18.3 Å². The Hall–Kier alpha value is -2.43. The van der Waals surface area contributed by atoms with Crippen LogP contribution >= 0.6 is 0 Å². The van der Waals surface area contributed by atoms with E-state index in [9.17, 15) is 13.0 Å². The average Bonchev–Trinajstić information content (AvgIpc) is 2.66. The maximum absolute atomic E-state index is 11.6. The molecule has 0 radical (unpaired) electrons. The van der Waals surface area contributed by atoms with Crippen molar-refractivity contribution in [3.63, 3.8) is 0 Å². The number of hydrogen-bond acceptors (Lipinski definition) is 8. The van der Waals surface area contributed by atoms with E-state index >= 15 is 0 Å². The molecule has 0 amide bonds. The molecule has 0 atom stereocenters. The van der Waals surface area contributed by atoms with Gasteiger partial charge in [0.15, 0.2) is 0 Å². The molecule has 134 valence electrons. The van der Waals surface area contributed by atoms with Crippen LogP contribution in [0.2, 0.25) is 0 Å². The summed E-state index contributed by atoms with van der Waals surface area (Å²) in [5, 5.41) is 9.19. The summed E-state index contributed by atoms with van der Waals surface area (Å²) in [5.41, 5.74) is 7.79. The molecule has 10 heteroatoms. The Balaban J connectivity index is 0.00000225. The number of azo groups is 1. The normalized spacial score (nSPS) is 11.8. The summed E-state index contributed by atoms with van der Waals surface area (Å²) < 4.78 is 34.9. The molecule has 0 aliphatic heterocycles. The third-order valence-electron chi connectivity index (χ3n) is 4.00. The van der Waals surface area contributed by atoms with Gasteiger partial charge in [-0.15, -0.1) is 5.11 Å². The maximum Gasteiger partial charge on any atom is 1.00 e. The predicted molar refractivity (Wildman–Crippen MR) is 100 cm³/mol. The van der Waals surface area contributed by atoms with Gasteiger partial charge >= 0.3 is 29.6 Å². The van der Waals surface area contributed by atoms with Gasteiger partial charge in [0.2, 0.25) is 0 Å². The van der Waals surface area contributed by atoms with Gasteiger partial charge in [0.25, 0.3) is 0 Å². The number of benzene rings is 2. The standard InChI is InChI=1S/C18H13N5O3S.Na/c19-17-15(10-16(27(24,25)26)13-4-2-8-21-18(13)17)23-22-12-5-6-14-11(9-12)3-1-7-20-14;/h1-10H,19H2,(H,24,25,26);/q;+1/p-1. The number of pyridine rings is 2. The van der Waals surface area contributed by atoms with E-state index in [2.05, 4.69) is 20.2 Å². The van der Waals surface area contributed by atoms with Crippen LogP contribution in [-0.4, -0.2) is 22.9 Å². The molecule has 0 aliphatic carbocycles. The average molecular weight is 401 g/mol. The summed E-state index contributed by atoms with van der Waals surface area (Å²) >= 11 is 0. The second-order valence-corrected chi connectivity index (χ2v) is 7.09. The first-order chi connectivity index (χ1) is 12.9. The predicted octanol–water partition coefficient (Wildman–Crippen LogP) is 0.689. The van der Waals surface area contributed by atoms with Gasteiger partial charge in [-0.05, 0) is 42.5 Å². The SMILES string of the molecule is Nc1c(N=Nc2ccc3ncccc3c2)cc(S(=O)(=O)[O-])c2cccnc12.[Na+]. The summed E-state index contributed by atoms with van der Waals surface area (Å²) in [5.74, 6) is 0. The fraction of sp³-hybridized carbons (Fsp3) is 0. The molecule has 4 aromatic rings. The Bertz CT molecular complexity index is 1330. The number of nitrogens with zero attached hydrogens (tertiary/aromatic N) is 4. The minimum Gasteiger partial charge on any atom is -0.744 e. The van der Waals surface area contributed by atoms with Crippen LogP contribution in [0.5, 0.6) is 0 Å². The zero-order chi connectivity index (χ0) is 19.0. The van der Waals surface area contributed by atoms with E-state index in [1.807, 2.05) is 12.1 Å². The Kier molecular flexibility index (Phi) is 5.73. The summed E-state index contributed by atoms with van der Waals surface area (Å²) in [4.78, 5) is 7.86. The van der Waals surface area contributed by atoms with Crippen LogP contribution in [0.15, 0.2) is 76.0 Å². The second kappa shape index (κ2) is 7.90. The van der Waals surface area contributed by atoms with E-state index in [4.69, 9.17) is 5.73 Å². The van der Waals surface area contributed by atoms with Crippen LogP contribution in [0.4, 0.5) is 17.1 Å². The largest absolute Gasteiger partial charge is 1.00 e. The molecular formula is C18H12N5NaO3S. The molecule has 2 N–H and O–H groups in total. The Morgan fingerprint density at radius 3 is 2.50 bits per heavy atom. The molecule has 0 unspecified atom stereocenters. The van der Waals surface area contributed by atoms with Crippen LogP contribution in [0.25, 0.3) is 21.8 Å². The number of fused-ring (bicyclic) bond motifs is 2. The first-order valence-electron chi connectivity index (χ1n) is 7.83. The Labute approximate surface area is 182 Å². The van der Waals surface area contributed by atoms with Gasteiger partial charge < -0.3 is 10.3 Å². The molecule has 0 spiro atoms. The van der Waals surface area contributed by atoms with Crippen LogP contribution in [0.3, 0.4) is 0 Å². The molecule has 2 aromatic carbocycles. The summed E-state index contributed by atoms with van der Waals surface area (Å²) in [6.07, 6.45) is 3.15. The first-order valence-corrected chi connectivity index (χ1v) is 9.24. The Morgan fingerprint density at radius 2 is 1.71 bits per heavy atom. The molecule has 4 rings (SSSR count). The first kappa shape index (κ1) is 20.3. The van der Waals surface area contributed by atoms with Crippen molar-refractivity contribution >= 4 is 49.0 Å². The van der Waals surface area contributed by atoms with E-state index in [-0.39, 0.29) is 51.8 Å². The molecule has 28 heavy (non-hydrogen) atoms. The summed E-state index contributed by atoms with van der Waals surface area (Å²) in [6, 6.07) is 13.1. The van der Waals surface area contributed by atoms with Gasteiger partial charge in [0.05, 0.1) is 27.3 Å². The molecule has 0 saturated carbocycles. The van der Waals surface area contributed by atoms with Gasteiger partial charge in [-0.1, -0.05) is 6.07 Å². The van der Waals surface area contributed by atoms with Gasteiger partial charge in [0, 0.05) is 23.2 Å². The molecule has 2 aromatic heterocycles. The Morgan fingerprint density at radius 1 is 0.964 bits per heavy atom. The van der Waals surface area contributed by atoms with Gasteiger partial charge in [-0.25, -0.2) is 8.42 Å². The van der Waals surface area contributed by atoms with Crippen molar-refractivity contribution in [2.24, 2.45) is 10.2 Å². The van der Waals surface area contributed by atoms with Crippen molar-refractivity contribution in [1.82, 2.24) is 9.97 Å². The number of aromatic nitrogens is 2. The van der Waals surface area contributed by atoms with Gasteiger partial charge in [0.1, 0.15) is 15.8 Å². The van der Waals surface area contributed by atoms with Crippen molar-refractivity contribution in [2.45, 2.75) is 4.90 Å². The van der Waals surface area contributed by atoms with Crippen LogP contribution in [0, 0.1) is 0 Å². The van der Waals surface area contributed by atoms with Crippen molar-refractivity contribution in [1.29, 1.82) is 0 Å². The van der Waals surface area contributed by atoms with Crippen molar-refractivity contribution in [3.05, 3.63) is 60.9 Å². The molecule has 0 saturated heterocycles. The van der Waals surface area contributed by atoms with Crippen molar-refractivity contribution in [2.75, 3.05) is 5.73 Å². The fourth-order valence-corrected chi connectivity index (χ4v) is 3.44. The molecular weight excluding hydrogens is 389 g/mol. The van der Waals surface area contributed by atoms with Gasteiger partial charge in [-0.2, -0.15) is 5.11 Å². The minimum atomic E-state index is -4.74. The van der Waals surface area contributed by atoms with E-state index in [1.54, 1.807) is 24.4 Å². The number of hydrogen-bond donors (Lipinski definition) is 1. The van der Waals surface area contributed by atoms with Crippen molar-refractivity contribution in [3.8, 4) is 0 Å². The zero-order valence-electron chi connectivity index (χ0n) is 14.8. The van der Waals surface area contributed by atoms with E-state index in [0.29, 0.717) is 5.69 Å². The van der Waals surface area contributed by atoms with Crippen molar-refractivity contribution < 1.29 is 42.5 Å².